The molecule has 0 aromatic carbocycles. The lowest BCUT2D eigenvalue weighted by atomic mass is 9.69. The molecule has 4 heteroatoms. The van der Waals surface area contributed by atoms with Crippen LogP contribution < -0.4 is 5.32 Å². The van der Waals surface area contributed by atoms with Gasteiger partial charge >= 0.3 is 6.18 Å². The highest BCUT2D eigenvalue weighted by molar-refractivity contribution is 4.91. The van der Waals surface area contributed by atoms with E-state index in [9.17, 15) is 13.2 Å². The Morgan fingerprint density at radius 3 is 2.17 bits per heavy atom. The Morgan fingerprint density at radius 1 is 1.06 bits per heavy atom. The van der Waals surface area contributed by atoms with Gasteiger partial charge in [0.25, 0.3) is 0 Å². The molecule has 18 heavy (non-hydrogen) atoms. The Bertz CT molecular complexity index is 260. The number of hydrogen-bond acceptors (Lipinski definition) is 1. The van der Waals surface area contributed by atoms with Crippen molar-refractivity contribution < 1.29 is 13.2 Å². The lowest BCUT2D eigenvalue weighted by molar-refractivity contribution is -0.187. The predicted molar refractivity (Wildman–Crippen MR) is 66.3 cm³/mol. The first-order valence-corrected chi connectivity index (χ1v) is 7.32. The zero-order valence-electron chi connectivity index (χ0n) is 11.1. The van der Waals surface area contributed by atoms with Crippen LogP contribution in [0.15, 0.2) is 0 Å². The van der Waals surface area contributed by atoms with E-state index in [0.29, 0.717) is 24.8 Å². The van der Waals surface area contributed by atoms with Crippen molar-refractivity contribution in [3.8, 4) is 0 Å². The summed E-state index contributed by atoms with van der Waals surface area (Å²) in [4.78, 5) is 0. The molecule has 0 aliphatic heterocycles. The Kier molecular flexibility index (Phi) is 4.57. The van der Waals surface area contributed by atoms with E-state index in [1.165, 1.54) is 19.3 Å². The molecule has 0 radical (unpaired) electrons. The van der Waals surface area contributed by atoms with Gasteiger partial charge in [-0.05, 0) is 50.5 Å². The smallest absolute Gasteiger partial charge is 0.314 e. The van der Waals surface area contributed by atoms with E-state index < -0.39 is 12.1 Å². The molecule has 0 heterocycles. The van der Waals surface area contributed by atoms with Crippen LogP contribution in [0.5, 0.6) is 0 Å². The SMILES string of the molecule is CCNC(C1CCC1)C1CCCC(C(F)(F)F)C1. The first-order valence-electron chi connectivity index (χ1n) is 7.32. The second-order valence-corrected chi connectivity index (χ2v) is 5.94. The van der Waals surface area contributed by atoms with Crippen LogP contribution in [-0.4, -0.2) is 18.8 Å². The van der Waals surface area contributed by atoms with Crippen LogP contribution in [0.25, 0.3) is 0 Å². The molecule has 0 saturated heterocycles. The number of rotatable bonds is 4. The van der Waals surface area contributed by atoms with Crippen molar-refractivity contribution in [1.29, 1.82) is 0 Å². The summed E-state index contributed by atoms with van der Waals surface area (Å²) in [6, 6.07) is 0.328. The lowest BCUT2D eigenvalue weighted by Crippen LogP contribution is -2.47. The van der Waals surface area contributed by atoms with Crippen LogP contribution in [0, 0.1) is 17.8 Å². The molecule has 0 spiro atoms. The van der Waals surface area contributed by atoms with Gasteiger partial charge in [0.05, 0.1) is 5.92 Å². The Balaban J connectivity index is 1.96. The van der Waals surface area contributed by atoms with Crippen LogP contribution in [0.1, 0.15) is 51.9 Å². The summed E-state index contributed by atoms with van der Waals surface area (Å²) in [5.74, 6) is -0.199. The summed E-state index contributed by atoms with van der Waals surface area (Å²) in [5.41, 5.74) is 0. The van der Waals surface area contributed by atoms with Crippen molar-refractivity contribution >= 4 is 0 Å². The molecular weight excluding hydrogens is 239 g/mol. The molecule has 1 N–H and O–H groups in total. The lowest BCUT2D eigenvalue weighted by Gasteiger charge is -2.42. The highest BCUT2D eigenvalue weighted by Gasteiger charge is 2.44. The maximum absolute atomic E-state index is 12.8. The first kappa shape index (κ1) is 14.2. The molecule has 2 saturated carbocycles. The zero-order valence-corrected chi connectivity index (χ0v) is 11.1. The van der Waals surface area contributed by atoms with Crippen molar-refractivity contribution in [2.24, 2.45) is 17.8 Å². The van der Waals surface area contributed by atoms with Crippen molar-refractivity contribution in [2.75, 3.05) is 6.54 Å². The minimum atomic E-state index is -3.99. The zero-order chi connectivity index (χ0) is 13.2. The van der Waals surface area contributed by atoms with Crippen LogP contribution in [0.4, 0.5) is 13.2 Å². The van der Waals surface area contributed by atoms with Crippen molar-refractivity contribution in [3.05, 3.63) is 0 Å². The average molecular weight is 263 g/mol. The summed E-state index contributed by atoms with van der Waals surface area (Å²) in [7, 11) is 0. The third kappa shape index (κ3) is 3.19. The molecule has 0 amide bonds. The van der Waals surface area contributed by atoms with E-state index in [4.69, 9.17) is 0 Å². The van der Waals surface area contributed by atoms with Gasteiger partial charge in [0.1, 0.15) is 0 Å². The maximum Gasteiger partial charge on any atom is 0.391 e. The fourth-order valence-electron chi connectivity index (χ4n) is 3.60. The van der Waals surface area contributed by atoms with Crippen LogP contribution in [-0.2, 0) is 0 Å². The molecule has 106 valence electrons. The van der Waals surface area contributed by atoms with Gasteiger partial charge in [0.15, 0.2) is 0 Å². The largest absolute Gasteiger partial charge is 0.391 e. The van der Waals surface area contributed by atoms with Crippen LogP contribution >= 0.6 is 0 Å². The average Bonchev–Trinajstić information content (AvgIpc) is 2.25. The normalized spacial score (nSPS) is 32.0. The molecule has 2 aliphatic carbocycles. The van der Waals surface area contributed by atoms with Gasteiger partial charge in [0.2, 0.25) is 0 Å². The number of halogens is 3. The standard InChI is InChI=1S/C14H24F3N/c1-2-18-13(10-5-3-6-10)11-7-4-8-12(9-11)14(15,16)17/h10-13,18H,2-9H2,1H3. The van der Waals surface area contributed by atoms with Gasteiger partial charge in [-0.2, -0.15) is 13.2 Å². The number of hydrogen-bond donors (Lipinski definition) is 1. The molecule has 3 atom stereocenters. The number of alkyl halides is 3. The van der Waals surface area contributed by atoms with E-state index >= 15 is 0 Å². The van der Waals surface area contributed by atoms with Gasteiger partial charge in [-0.3, -0.25) is 0 Å². The third-order valence-electron chi connectivity index (χ3n) is 4.78. The highest BCUT2D eigenvalue weighted by Crippen LogP contribution is 2.44. The Morgan fingerprint density at radius 2 is 1.67 bits per heavy atom. The van der Waals surface area contributed by atoms with Gasteiger partial charge in [-0.1, -0.05) is 19.8 Å². The molecule has 0 bridgehead atoms. The highest BCUT2D eigenvalue weighted by atomic mass is 19.4. The molecule has 3 unspecified atom stereocenters. The molecule has 1 nitrogen and oxygen atoms in total. The van der Waals surface area contributed by atoms with Gasteiger partial charge in [-0.15, -0.1) is 0 Å². The molecule has 2 rings (SSSR count). The van der Waals surface area contributed by atoms with Gasteiger partial charge < -0.3 is 5.32 Å². The predicted octanol–water partition coefficient (Wildman–Crippen LogP) is 4.13. The van der Waals surface area contributed by atoms with Crippen LogP contribution in [0.3, 0.4) is 0 Å². The summed E-state index contributed by atoms with van der Waals surface area (Å²) in [6.07, 6.45) is 2.05. The third-order valence-corrected chi connectivity index (χ3v) is 4.78. The molecular formula is C14H24F3N. The topological polar surface area (TPSA) is 12.0 Å². The quantitative estimate of drug-likeness (QED) is 0.804. The Labute approximate surface area is 108 Å². The van der Waals surface area contributed by atoms with Crippen LogP contribution in [0.2, 0.25) is 0 Å². The van der Waals surface area contributed by atoms with Crippen molar-refractivity contribution in [2.45, 2.75) is 64.1 Å². The maximum atomic E-state index is 12.8. The summed E-state index contributed by atoms with van der Waals surface area (Å²) in [5, 5.41) is 3.46. The van der Waals surface area contributed by atoms with E-state index in [0.717, 1.165) is 19.4 Å². The van der Waals surface area contributed by atoms with E-state index in [1.807, 2.05) is 0 Å². The Hall–Kier alpha value is -0.250. The van der Waals surface area contributed by atoms with Crippen molar-refractivity contribution in [3.63, 3.8) is 0 Å². The first-order chi connectivity index (χ1) is 8.52. The summed E-state index contributed by atoms with van der Waals surface area (Å²) in [6.45, 7) is 2.92. The fourth-order valence-corrected chi connectivity index (χ4v) is 3.60. The minimum Gasteiger partial charge on any atom is -0.314 e. The van der Waals surface area contributed by atoms with Gasteiger partial charge in [-0.25, -0.2) is 0 Å². The monoisotopic (exact) mass is 263 g/mol. The molecule has 2 fully saturated rings. The fraction of sp³-hybridized carbons (Fsp3) is 1.00. The van der Waals surface area contributed by atoms with Crippen molar-refractivity contribution in [1.82, 2.24) is 5.32 Å². The second kappa shape index (κ2) is 5.81. The van der Waals surface area contributed by atoms with E-state index in [2.05, 4.69) is 12.2 Å². The van der Waals surface area contributed by atoms with E-state index in [1.54, 1.807) is 0 Å². The summed E-state index contributed by atoms with van der Waals surface area (Å²) >= 11 is 0. The second-order valence-electron chi connectivity index (χ2n) is 5.94. The number of nitrogens with one attached hydrogen (secondary N) is 1. The molecule has 2 aliphatic rings. The molecule has 0 aromatic rings. The minimum absolute atomic E-state index is 0.232. The summed E-state index contributed by atoms with van der Waals surface area (Å²) < 4.78 is 38.5. The van der Waals surface area contributed by atoms with E-state index in [-0.39, 0.29) is 5.92 Å². The molecule has 0 aromatic heterocycles. The van der Waals surface area contributed by atoms with Gasteiger partial charge in [0, 0.05) is 6.04 Å².